The molecule has 1 fully saturated rings. The van der Waals surface area contributed by atoms with Crippen molar-refractivity contribution >= 4 is 46.6 Å². The lowest BCUT2D eigenvalue weighted by Gasteiger charge is -2.26. The fraction of sp³-hybridized carbons (Fsp3) is 0.136. The van der Waals surface area contributed by atoms with Crippen LogP contribution in [0.15, 0.2) is 66.7 Å². The zero-order valence-corrected chi connectivity index (χ0v) is 17.5. The van der Waals surface area contributed by atoms with Crippen LogP contribution in [-0.2, 0) is 11.4 Å². The summed E-state index contributed by atoms with van der Waals surface area (Å²) in [6.07, 6.45) is 0. The summed E-state index contributed by atoms with van der Waals surface area (Å²) in [5.41, 5.74) is 1.96. The molecule has 0 radical (unpaired) electrons. The van der Waals surface area contributed by atoms with Gasteiger partial charge in [0.25, 0.3) is 0 Å². The van der Waals surface area contributed by atoms with Gasteiger partial charge in [-0.15, -0.1) is 11.8 Å². The van der Waals surface area contributed by atoms with Crippen LogP contribution in [0.4, 0.5) is 10.1 Å². The summed E-state index contributed by atoms with van der Waals surface area (Å²) in [6, 6.07) is 18.8. The van der Waals surface area contributed by atoms with Crippen molar-refractivity contribution in [2.75, 3.05) is 10.7 Å². The van der Waals surface area contributed by atoms with Gasteiger partial charge in [0.05, 0.1) is 5.75 Å². The number of thioether (sulfide) groups is 1. The van der Waals surface area contributed by atoms with Crippen molar-refractivity contribution in [3.63, 3.8) is 0 Å². The van der Waals surface area contributed by atoms with E-state index in [2.05, 4.69) is 0 Å². The average Bonchev–Trinajstić information content (AvgIpc) is 3.10. The predicted molar refractivity (Wildman–Crippen MR) is 116 cm³/mol. The SMILES string of the molecule is O=C1CS[C@H](c2cc(Cl)ccc2OCc2ccccc2F)N1c1ccc(Cl)cc1. The van der Waals surface area contributed by atoms with Crippen molar-refractivity contribution in [1.29, 1.82) is 0 Å². The lowest BCUT2D eigenvalue weighted by molar-refractivity contribution is -0.115. The molecule has 4 rings (SSSR count). The number of anilines is 1. The average molecular weight is 448 g/mol. The van der Waals surface area contributed by atoms with Gasteiger partial charge in [0.1, 0.15) is 23.5 Å². The van der Waals surface area contributed by atoms with Crippen LogP contribution in [0.2, 0.25) is 10.0 Å². The first-order valence-corrected chi connectivity index (χ1v) is 10.7. The van der Waals surface area contributed by atoms with Gasteiger partial charge in [-0.05, 0) is 48.5 Å². The van der Waals surface area contributed by atoms with Gasteiger partial charge >= 0.3 is 0 Å². The van der Waals surface area contributed by atoms with Crippen LogP contribution in [0.25, 0.3) is 0 Å². The third kappa shape index (κ3) is 4.37. The van der Waals surface area contributed by atoms with Crippen LogP contribution in [0.5, 0.6) is 5.75 Å². The van der Waals surface area contributed by atoms with Gasteiger partial charge in [-0.1, -0.05) is 41.4 Å². The third-order valence-electron chi connectivity index (χ3n) is 4.55. The van der Waals surface area contributed by atoms with Gasteiger partial charge in [-0.3, -0.25) is 9.69 Å². The Morgan fingerprint density at radius 3 is 2.52 bits per heavy atom. The molecule has 3 nitrogen and oxygen atoms in total. The molecule has 3 aromatic carbocycles. The molecule has 1 amide bonds. The summed E-state index contributed by atoms with van der Waals surface area (Å²) in [5.74, 6) is 0.564. The number of hydrogen-bond donors (Lipinski definition) is 0. The predicted octanol–water partition coefficient (Wildman–Crippen LogP) is 6.49. The van der Waals surface area contributed by atoms with Crippen LogP contribution in [0.1, 0.15) is 16.5 Å². The third-order valence-corrected chi connectivity index (χ3v) is 6.23. The summed E-state index contributed by atoms with van der Waals surface area (Å²) in [4.78, 5) is 14.3. The number of ether oxygens (including phenoxy) is 1. The van der Waals surface area contributed by atoms with E-state index < -0.39 is 0 Å². The molecule has 0 unspecified atom stereocenters. The number of benzene rings is 3. The van der Waals surface area contributed by atoms with E-state index in [1.807, 2.05) is 12.1 Å². The molecule has 1 saturated heterocycles. The molecular weight excluding hydrogens is 432 g/mol. The molecule has 0 aromatic heterocycles. The van der Waals surface area contributed by atoms with Gasteiger partial charge < -0.3 is 4.74 Å². The Bertz CT molecular complexity index is 1050. The lowest BCUT2D eigenvalue weighted by Crippen LogP contribution is -2.28. The number of hydrogen-bond acceptors (Lipinski definition) is 3. The summed E-state index contributed by atoms with van der Waals surface area (Å²) in [5, 5.41) is 0.827. The Kier molecular flexibility index (Phi) is 5.99. The van der Waals surface area contributed by atoms with E-state index in [1.165, 1.54) is 17.8 Å². The highest BCUT2D eigenvalue weighted by Gasteiger charge is 2.36. The summed E-state index contributed by atoms with van der Waals surface area (Å²) >= 11 is 13.7. The monoisotopic (exact) mass is 447 g/mol. The maximum absolute atomic E-state index is 14.0. The van der Waals surface area contributed by atoms with Gasteiger partial charge in [0.15, 0.2) is 0 Å². The molecule has 29 heavy (non-hydrogen) atoms. The lowest BCUT2D eigenvalue weighted by atomic mass is 10.1. The Morgan fingerprint density at radius 2 is 1.76 bits per heavy atom. The number of amides is 1. The second-order valence-corrected chi connectivity index (χ2v) is 8.41. The minimum Gasteiger partial charge on any atom is -0.488 e. The molecule has 1 heterocycles. The summed E-state index contributed by atoms with van der Waals surface area (Å²) in [7, 11) is 0. The zero-order valence-electron chi connectivity index (χ0n) is 15.1. The first-order valence-electron chi connectivity index (χ1n) is 8.88. The Labute approximate surface area is 182 Å². The number of carbonyl (C=O) groups excluding carboxylic acids is 1. The van der Waals surface area contributed by atoms with Crippen LogP contribution in [0, 0.1) is 5.82 Å². The Morgan fingerprint density at radius 1 is 1.03 bits per heavy atom. The van der Waals surface area contributed by atoms with Crippen molar-refractivity contribution < 1.29 is 13.9 Å². The van der Waals surface area contributed by atoms with Crippen molar-refractivity contribution in [2.45, 2.75) is 12.0 Å². The smallest absolute Gasteiger partial charge is 0.238 e. The number of halogens is 3. The number of nitrogens with zero attached hydrogens (tertiary/aromatic N) is 1. The molecular formula is C22H16Cl2FNO2S. The topological polar surface area (TPSA) is 29.5 Å². The Balaban J connectivity index is 1.66. The summed E-state index contributed by atoms with van der Waals surface area (Å²) < 4.78 is 19.9. The van der Waals surface area contributed by atoms with Gasteiger partial charge in [0.2, 0.25) is 5.91 Å². The van der Waals surface area contributed by atoms with Crippen LogP contribution in [-0.4, -0.2) is 11.7 Å². The molecule has 1 atom stereocenters. The van der Waals surface area contributed by atoms with E-state index in [0.717, 1.165) is 11.3 Å². The van der Waals surface area contributed by atoms with Gasteiger partial charge in [-0.25, -0.2) is 4.39 Å². The second-order valence-electron chi connectivity index (χ2n) is 6.47. The fourth-order valence-electron chi connectivity index (χ4n) is 3.15. The molecule has 0 spiro atoms. The minimum absolute atomic E-state index is 0.0117. The first-order chi connectivity index (χ1) is 14.0. The molecule has 0 saturated carbocycles. The maximum Gasteiger partial charge on any atom is 0.238 e. The second kappa shape index (κ2) is 8.66. The fourth-order valence-corrected chi connectivity index (χ4v) is 4.65. The van der Waals surface area contributed by atoms with E-state index in [4.69, 9.17) is 27.9 Å². The Hall–Kier alpha value is -2.21. The number of carbonyl (C=O) groups is 1. The molecule has 0 N–H and O–H groups in total. The molecule has 3 aromatic rings. The van der Waals surface area contributed by atoms with E-state index in [9.17, 15) is 9.18 Å². The molecule has 148 valence electrons. The molecule has 1 aliphatic heterocycles. The highest BCUT2D eigenvalue weighted by molar-refractivity contribution is 8.00. The normalized spacial score (nSPS) is 16.3. The van der Waals surface area contributed by atoms with E-state index >= 15 is 0 Å². The van der Waals surface area contributed by atoms with Crippen molar-refractivity contribution in [1.82, 2.24) is 0 Å². The van der Waals surface area contributed by atoms with Crippen LogP contribution in [0.3, 0.4) is 0 Å². The number of rotatable bonds is 5. The highest BCUT2D eigenvalue weighted by Crippen LogP contribution is 2.45. The standard InChI is InChI=1S/C22H16Cl2FNO2S/c23-15-5-8-17(9-6-15)26-21(27)13-29-22(26)18-11-16(24)7-10-20(18)28-12-14-3-1-2-4-19(14)25/h1-11,22H,12-13H2/t22-/m1/s1. The summed E-state index contributed by atoms with van der Waals surface area (Å²) in [6.45, 7) is 0.0770. The molecule has 0 bridgehead atoms. The van der Waals surface area contributed by atoms with Crippen molar-refractivity contribution in [3.05, 3.63) is 93.7 Å². The van der Waals surface area contributed by atoms with Gasteiger partial charge in [0, 0.05) is 26.9 Å². The minimum atomic E-state index is -0.323. The van der Waals surface area contributed by atoms with E-state index in [-0.39, 0.29) is 23.7 Å². The van der Waals surface area contributed by atoms with Gasteiger partial charge in [-0.2, -0.15) is 0 Å². The maximum atomic E-state index is 14.0. The molecule has 7 heteroatoms. The quantitative estimate of drug-likeness (QED) is 0.447. The van der Waals surface area contributed by atoms with Crippen molar-refractivity contribution in [3.8, 4) is 5.75 Å². The highest BCUT2D eigenvalue weighted by atomic mass is 35.5. The van der Waals surface area contributed by atoms with Crippen LogP contribution < -0.4 is 9.64 Å². The first kappa shape index (κ1) is 20.1. The van der Waals surface area contributed by atoms with Crippen LogP contribution >= 0.6 is 35.0 Å². The van der Waals surface area contributed by atoms with Crippen molar-refractivity contribution in [2.24, 2.45) is 0 Å². The molecule has 1 aliphatic rings. The zero-order chi connectivity index (χ0) is 20.4. The molecule has 0 aliphatic carbocycles. The van der Waals surface area contributed by atoms with E-state index in [0.29, 0.717) is 27.1 Å². The largest absolute Gasteiger partial charge is 0.488 e. The van der Waals surface area contributed by atoms with E-state index in [1.54, 1.807) is 53.4 Å².